The second-order valence-corrected chi connectivity index (χ2v) is 3.78. The molecule has 0 amide bonds. The number of alkyl halides is 6. The Hall–Kier alpha value is -2.26. The Morgan fingerprint density at radius 1 is 1.05 bits per heavy atom. The van der Waals surface area contributed by atoms with E-state index in [-0.39, 0.29) is 5.82 Å². The molecule has 0 radical (unpaired) electrons. The Morgan fingerprint density at radius 2 is 1.70 bits per heavy atom. The van der Waals surface area contributed by atoms with Gasteiger partial charge in [0.25, 0.3) is 0 Å². The lowest BCUT2D eigenvalue weighted by Gasteiger charge is -2.09. The molecule has 108 valence electrons. The van der Waals surface area contributed by atoms with Crippen LogP contribution < -0.4 is 5.73 Å². The fourth-order valence-electron chi connectivity index (χ4n) is 1.41. The van der Waals surface area contributed by atoms with Gasteiger partial charge in [-0.15, -0.1) is 0 Å². The Morgan fingerprint density at radius 3 is 2.15 bits per heavy atom. The minimum absolute atomic E-state index is 0.312. The molecule has 0 saturated carbocycles. The number of rotatable bonds is 1. The van der Waals surface area contributed by atoms with Crippen molar-refractivity contribution in [2.75, 3.05) is 5.73 Å². The van der Waals surface area contributed by atoms with Crippen molar-refractivity contribution in [3.8, 4) is 5.82 Å². The van der Waals surface area contributed by atoms with Crippen LogP contribution in [0.5, 0.6) is 0 Å². The molecule has 0 unspecified atom stereocenters. The molecule has 2 rings (SSSR count). The molecule has 2 aromatic heterocycles. The largest absolute Gasteiger partial charge is 0.435 e. The van der Waals surface area contributed by atoms with Crippen molar-refractivity contribution in [1.29, 1.82) is 0 Å². The minimum atomic E-state index is -4.66. The first-order valence-electron chi connectivity index (χ1n) is 5.05. The van der Waals surface area contributed by atoms with Crippen LogP contribution in [-0.4, -0.2) is 14.8 Å². The van der Waals surface area contributed by atoms with Gasteiger partial charge in [-0.1, -0.05) is 0 Å². The summed E-state index contributed by atoms with van der Waals surface area (Å²) in [5, 5.41) is 3.17. The van der Waals surface area contributed by atoms with Gasteiger partial charge in [-0.3, -0.25) is 0 Å². The number of nitrogens with zero attached hydrogens (tertiary/aromatic N) is 3. The quantitative estimate of drug-likeness (QED) is 0.823. The summed E-state index contributed by atoms with van der Waals surface area (Å²) in [6.07, 6.45) is -7.91. The highest BCUT2D eigenvalue weighted by atomic mass is 19.4. The summed E-state index contributed by atoms with van der Waals surface area (Å²) in [7, 11) is 0. The van der Waals surface area contributed by atoms with Crippen molar-refractivity contribution in [3.05, 3.63) is 35.8 Å². The maximum atomic E-state index is 12.4. The van der Waals surface area contributed by atoms with Crippen molar-refractivity contribution >= 4 is 5.69 Å². The Bertz CT molecular complexity index is 627. The number of aromatic nitrogens is 3. The van der Waals surface area contributed by atoms with Gasteiger partial charge in [0.15, 0.2) is 11.5 Å². The van der Waals surface area contributed by atoms with Crippen LogP contribution in [0, 0.1) is 0 Å². The molecule has 0 aliphatic rings. The lowest BCUT2D eigenvalue weighted by molar-refractivity contribution is -0.141. The van der Waals surface area contributed by atoms with E-state index in [9.17, 15) is 26.3 Å². The first kappa shape index (κ1) is 14.2. The van der Waals surface area contributed by atoms with Crippen molar-refractivity contribution in [2.24, 2.45) is 0 Å². The van der Waals surface area contributed by atoms with E-state index < -0.39 is 29.3 Å². The van der Waals surface area contributed by atoms with Gasteiger partial charge in [-0.05, 0) is 12.1 Å². The Kier molecular flexibility index (Phi) is 3.11. The first-order chi connectivity index (χ1) is 9.09. The zero-order valence-corrected chi connectivity index (χ0v) is 9.50. The van der Waals surface area contributed by atoms with Crippen LogP contribution in [0.2, 0.25) is 0 Å². The van der Waals surface area contributed by atoms with Gasteiger partial charge in [-0.2, -0.15) is 31.4 Å². The molecular weight excluding hydrogens is 290 g/mol. The highest BCUT2D eigenvalue weighted by Crippen LogP contribution is 2.32. The third-order valence-corrected chi connectivity index (χ3v) is 2.32. The number of hydrogen-bond acceptors (Lipinski definition) is 3. The standard InChI is InChI=1S/C10H6F6N4/c11-9(12,13)5-3-6(17)8(18-4-5)20-2-1-7(19-20)10(14,15)16/h1-4H,17H2. The monoisotopic (exact) mass is 296 g/mol. The van der Waals surface area contributed by atoms with Crippen LogP contribution >= 0.6 is 0 Å². The van der Waals surface area contributed by atoms with Crippen molar-refractivity contribution in [3.63, 3.8) is 0 Å². The fourth-order valence-corrected chi connectivity index (χ4v) is 1.41. The second kappa shape index (κ2) is 4.39. The van der Waals surface area contributed by atoms with Gasteiger partial charge >= 0.3 is 12.4 Å². The number of nitrogens with two attached hydrogens (primary N) is 1. The third kappa shape index (κ3) is 2.68. The summed E-state index contributed by atoms with van der Waals surface area (Å²) in [5.74, 6) is -0.312. The van der Waals surface area contributed by atoms with Crippen molar-refractivity contribution in [1.82, 2.24) is 14.8 Å². The van der Waals surface area contributed by atoms with Crippen LogP contribution in [0.25, 0.3) is 5.82 Å². The third-order valence-electron chi connectivity index (χ3n) is 2.32. The molecule has 0 saturated heterocycles. The summed E-state index contributed by atoms with van der Waals surface area (Å²) < 4.78 is 74.9. The molecule has 4 nitrogen and oxygen atoms in total. The molecule has 2 aromatic rings. The topological polar surface area (TPSA) is 56.7 Å². The SMILES string of the molecule is Nc1cc(C(F)(F)F)cnc1-n1ccc(C(F)(F)F)n1. The van der Waals surface area contributed by atoms with Crippen LogP contribution in [-0.2, 0) is 12.4 Å². The predicted octanol–water partition coefficient (Wildman–Crippen LogP) is 2.89. The first-order valence-corrected chi connectivity index (χ1v) is 5.05. The molecule has 0 spiro atoms. The number of anilines is 1. The molecule has 0 aliphatic heterocycles. The van der Waals surface area contributed by atoms with Gasteiger partial charge in [0.1, 0.15) is 0 Å². The summed E-state index contributed by atoms with van der Waals surface area (Å²) >= 11 is 0. The maximum Gasteiger partial charge on any atom is 0.435 e. The molecule has 0 fully saturated rings. The second-order valence-electron chi connectivity index (χ2n) is 3.78. The van der Waals surface area contributed by atoms with Crippen LogP contribution in [0.3, 0.4) is 0 Å². The molecule has 2 N–H and O–H groups in total. The van der Waals surface area contributed by atoms with Gasteiger partial charge in [0, 0.05) is 12.4 Å². The van der Waals surface area contributed by atoms with E-state index in [2.05, 4.69) is 10.1 Å². The molecule has 10 heteroatoms. The smallest absolute Gasteiger partial charge is 0.396 e. The van der Waals surface area contributed by atoms with Gasteiger partial charge in [0.2, 0.25) is 0 Å². The zero-order chi connectivity index (χ0) is 15.1. The van der Waals surface area contributed by atoms with E-state index in [0.29, 0.717) is 23.0 Å². The highest BCUT2D eigenvalue weighted by molar-refractivity contribution is 5.54. The van der Waals surface area contributed by atoms with E-state index in [0.717, 1.165) is 6.20 Å². The minimum Gasteiger partial charge on any atom is -0.396 e. The summed E-state index contributed by atoms with van der Waals surface area (Å²) in [6, 6.07) is 1.25. The van der Waals surface area contributed by atoms with E-state index >= 15 is 0 Å². The average Bonchev–Trinajstić information content (AvgIpc) is 2.76. The molecule has 0 atom stereocenters. The fraction of sp³-hybridized carbons (Fsp3) is 0.200. The van der Waals surface area contributed by atoms with Crippen LogP contribution in [0.1, 0.15) is 11.3 Å². The average molecular weight is 296 g/mol. The van der Waals surface area contributed by atoms with Gasteiger partial charge < -0.3 is 5.73 Å². The zero-order valence-electron chi connectivity index (χ0n) is 9.50. The number of hydrogen-bond donors (Lipinski definition) is 1. The van der Waals surface area contributed by atoms with E-state index in [1.54, 1.807) is 0 Å². The van der Waals surface area contributed by atoms with Crippen molar-refractivity contribution < 1.29 is 26.3 Å². The number of pyridine rings is 1. The Labute approximate surface area is 107 Å². The molecule has 20 heavy (non-hydrogen) atoms. The molecular formula is C10H6F6N4. The lowest BCUT2D eigenvalue weighted by Crippen LogP contribution is -2.11. The number of halogens is 6. The van der Waals surface area contributed by atoms with Gasteiger partial charge in [-0.25, -0.2) is 9.67 Å². The molecule has 2 heterocycles. The van der Waals surface area contributed by atoms with Crippen LogP contribution in [0.4, 0.5) is 32.0 Å². The number of nitrogen functional groups attached to an aromatic ring is 1. The summed E-state index contributed by atoms with van der Waals surface area (Å²) in [5.41, 5.74) is 2.64. The van der Waals surface area contributed by atoms with E-state index in [1.807, 2.05) is 0 Å². The predicted molar refractivity (Wildman–Crippen MR) is 55.8 cm³/mol. The van der Waals surface area contributed by atoms with Gasteiger partial charge in [0.05, 0.1) is 11.3 Å². The molecule has 0 aromatic carbocycles. The normalized spacial score (nSPS) is 12.7. The lowest BCUT2D eigenvalue weighted by atomic mass is 10.2. The van der Waals surface area contributed by atoms with E-state index in [1.165, 1.54) is 0 Å². The van der Waals surface area contributed by atoms with E-state index in [4.69, 9.17) is 5.73 Å². The van der Waals surface area contributed by atoms with Crippen LogP contribution in [0.15, 0.2) is 24.5 Å². The molecule has 0 aliphatic carbocycles. The maximum absolute atomic E-state index is 12.4. The highest BCUT2D eigenvalue weighted by Gasteiger charge is 2.34. The molecule has 0 bridgehead atoms. The summed E-state index contributed by atoms with van der Waals surface area (Å²) in [4.78, 5) is 3.40. The Balaban J connectivity index is 2.42. The van der Waals surface area contributed by atoms with Crippen molar-refractivity contribution in [2.45, 2.75) is 12.4 Å². The summed E-state index contributed by atoms with van der Waals surface area (Å²) in [6.45, 7) is 0.